The van der Waals surface area contributed by atoms with Gasteiger partial charge in [0.25, 0.3) is 0 Å². The lowest BCUT2D eigenvalue weighted by Crippen LogP contribution is -2.00. The summed E-state index contributed by atoms with van der Waals surface area (Å²) >= 11 is 0. The van der Waals surface area contributed by atoms with Crippen molar-refractivity contribution in [1.29, 1.82) is 0 Å². The van der Waals surface area contributed by atoms with Crippen LogP contribution >= 0.6 is 0 Å². The molecular formula is C80H88N8. The first-order valence-electron chi connectivity index (χ1n) is 30.9. The molecule has 8 heteroatoms. The van der Waals surface area contributed by atoms with Crippen LogP contribution < -0.4 is 0 Å². The summed E-state index contributed by atoms with van der Waals surface area (Å²) in [4.78, 5) is 18.3. The van der Waals surface area contributed by atoms with Gasteiger partial charge < -0.3 is 18.3 Å². The van der Waals surface area contributed by atoms with E-state index in [0.29, 0.717) is 0 Å². The molecule has 0 fully saturated rings. The summed E-state index contributed by atoms with van der Waals surface area (Å²) in [6.45, 7) is 29.5. The largest absolute Gasteiger partial charge is 0.333 e. The zero-order chi connectivity index (χ0) is 62.1. The van der Waals surface area contributed by atoms with Crippen molar-refractivity contribution in [3.8, 4) is 0 Å². The van der Waals surface area contributed by atoms with Gasteiger partial charge in [0.2, 0.25) is 0 Å². The minimum Gasteiger partial charge on any atom is -0.333 e. The van der Waals surface area contributed by atoms with Crippen molar-refractivity contribution in [2.24, 2.45) is 0 Å². The van der Waals surface area contributed by atoms with E-state index in [4.69, 9.17) is 0 Å². The predicted octanol–water partition coefficient (Wildman–Crippen LogP) is 17.8. The maximum absolute atomic E-state index is 4.59. The van der Waals surface area contributed by atoms with E-state index in [2.05, 4.69) is 310 Å². The van der Waals surface area contributed by atoms with E-state index < -0.39 is 0 Å². The first-order chi connectivity index (χ1) is 42.5. The number of hydrogen-bond donors (Lipinski definition) is 0. The molecule has 4 aromatic heterocycles. The Balaban J connectivity index is 0.000000140. The second-order valence-electron chi connectivity index (χ2n) is 24.1. The number of nitrogens with zero attached hydrogens (tertiary/aromatic N) is 8. The summed E-state index contributed by atoms with van der Waals surface area (Å²) in [6.07, 6.45) is 20.0. The van der Waals surface area contributed by atoms with Crippen molar-refractivity contribution >= 4 is 0 Å². The maximum Gasteiger partial charge on any atom is 0.0952 e. The minimum absolute atomic E-state index is 0.876. The molecule has 0 N–H and O–H groups in total. The lowest BCUT2D eigenvalue weighted by atomic mass is 9.99. The third-order valence-corrected chi connectivity index (χ3v) is 17.3. The Bertz CT molecular complexity index is 3990. The highest BCUT2D eigenvalue weighted by molar-refractivity contribution is 5.39. The van der Waals surface area contributed by atoms with Crippen molar-refractivity contribution in [2.75, 3.05) is 0 Å². The van der Waals surface area contributed by atoms with E-state index in [1.54, 1.807) is 0 Å². The molecule has 12 rings (SSSR count). The minimum atomic E-state index is 0.876. The lowest BCUT2D eigenvalue weighted by molar-refractivity contribution is 0.790. The Labute approximate surface area is 524 Å². The van der Waals surface area contributed by atoms with Crippen LogP contribution in [-0.2, 0) is 51.9 Å². The van der Waals surface area contributed by atoms with Crippen LogP contribution in [0.5, 0.6) is 0 Å². The van der Waals surface area contributed by atoms with Crippen LogP contribution in [0.3, 0.4) is 0 Å². The van der Waals surface area contributed by atoms with Crippen LogP contribution in [0.25, 0.3) is 0 Å². The van der Waals surface area contributed by atoms with Crippen molar-refractivity contribution < 1.29 is 0 Å². The van der Waals surface area contributed by atoms with Crippen LogP contribution in [0, 0.1) is 83.1 Å². The topological polar surface area (TPSA) is 71.3 Å². The Morgan fingerprint density at radius 2 is 0.625 bits per heavy atom. The van der Waals surface area contributed by atoms with Crippen LogP contribution in [0.4, 0.5) is 0 Å². The van der Waals surface area contributed by atoms with Crippen LogP contribution in [0.2, 0.25) is 0 Å². The standard InChI is InChI=1S/2C21H24N2.2C19H20N2/c1-15-5-7-19(9-17(15)3)11-21-13-23(14-22-21)12-20-8-6-16(2)18(4)10-20;1-15-7-5-9-19(17(15)3)11-21-13-23(14-22-21)12-20-10-6-8-16(2)18(20)4;1-15-7-3-5-9-17(15)11-19-13-21(14-20-19)12-18-10-6-4-8-16(18)2;1-15-7-6-8-16(2)19(15)11-18-13-21(14-20-18)12-17-9-4-3-5-10-17/h2*5-10,13-14H,11-12H2,1-4H3;2*3-10,13-14H,11-12H2,1-2H3. The van der Waals surface area contributed by atoms with Gasteiger partial charge in [-0.3, -0.25) is 0 Å². The quantitative estimate of drug-likeness (QED) is 0.0966. The molecule has 0 spiro atoms. The van der Waals surface area contributed by atoms with Gasteiger partial charge in [0.1, 0.15) is 0 Å². The van der Waals surface area contributed by atoms with E-state index in [9.17, 15) is 0 Å². The Hall–Kier alpha value is -9.40. The average molecular weight is 1160 g/mol. The van der Waals surface area contributed by atoms with Gasteiger partial charge in [-0.05, 0) is 194 Å². The van der Waals surface area contributed by atoms with Gasteiger partial charge in [-0.25, -0.2) is 19.9 Å². The van der Waals surface area contributed by atoms with Crippen molar-refractivity contribution in [3.63, 3.8) is 0 Å². The Kier molecular flexibility index (Phi) is 21.7. The fourth-order valence-corrected chi connectivity index (χ4v) is 11.0. The summed E-state index contributed by atoms with van der Waals surface area (Å²) in [5.41, 5.74) is 31.4. The Morgan fingerprint density at radius 1 is 0.250 bits per heavy atom. The summed E-state index contributed by atoms with van der Waals surface area (Å²) in [5, 5.41) is 0. The number of aromatic nitrogens is 8. The van der Waals surface area contributed by atoms with Gasteiger partial charge in [-0.15, -0.1) is 0 Å². The highest BCUT2D eigenvalue weighted by Gasteiger charge is 2.11. The zero-order valence-electron chi connectivity index (χ0n) is 54.0. The fraction of sp³-hybridized carbons (Fsp3) is 0.250. The molecule has 88 heavy (non-hydrogen) atoms. The third kappa shape index (κ3) is 17.9. The van der Waals surface area contributed by atoms with Gasteiger partial charge in [0, 0.05) is 76.6 Å². The molecule has 0 unspecified atom stereocenters. The molecule has 0 aliphatic carbocycles. The zero-order valence-corrected chi connectivity index (χ0v) is 54.0. The number of rotatable bonds is 16. The van der Waals surface area contributed by atoms with Gasteiger partial charge in [-0.2, -0.15) is 0 Å². The maximum atomic E-state index is 4.59. The number of aryl methyl sites for hydroxylation is 10. The van der Waals surface area contributed by atoms with E-state index in [1.807, 2.05) is 31.4 Å². The van der Waals surface area contributed by atoms with E-state index >= 15 is 0 Å². The van der Waals surface area contributed by atoms with Crippen molar-refractivity contribution in [1.82, 2.24) is 38.2 Å². The summed E-state index contributed by atoms with van der Waals surface area (Å²) in [6, 6.07) is 60.2. The molecule has 8 aromatic carbocycles. The van der Waals surface area contributed by atoms with E-state index in [0.717, 1.165) is 74.6 Å². The van der Waals surface area contributed by atoms with Gasteiger partial charge in [0.05, 0.1) is 48.1 Å². The first kappa shape index (κ1) is 63.1. The molecule has 4 heterocycles. The molecule has 8 nitrogen and oxygen atoms in total. The van der Waals surface area contributed by atoms with E-state index in [1.165, 1.54) is 111 Å². The van der Waals surface area contributed by atoms with Crippen molar-refractivity contribution in [2.45, 2.75) is 135 Å². The monoisotopic (exact) mass is 1160 g/mol. The number of benzene rings is 8. The summed E-state index contributed by atoms with van der Waals surface area (Å²) < 4.78 is 8.66. The normalized spacial score (nSPS) is 10.9. The van der Waals surface area contributed by atoms with E-state index in [-0.39, 0.29) is 0 Å². The van der Waals surface area contributed by atoms with Crippen molar-refractivity contribution in [3.05, 3.63) is 354 Å². The molecule has 12 aromatic rings. The molecule has 0 saturated carbocycles. The molecule has 0 saturated heterocycles. The molecule has 0 amide bonds. The van der Waals surface area contributed by atoms with Gasteiger partial charge >= 0.3 is 0 Å². The van der Waals surface area contributed by atoms with Crippen LogP contribution in [0.15, 0.2) is 220 Å². The molecule has 0 bridgehead atoms. The molecule has 448 valence electrons. The second-order valence-corrected chi connectivity index (χ2v) is 24.1. The molecule has 0 aliphatic heterocycles. The highest BCUT2D eigenvalue weighted by Crippen LogP contribution is 2.22. The molecule has 0 radical (unpaired) electrons. The second kappa shape index (κ2) is 30.3. The predicted molar refractivity (Wildman–Crippen MR) is 365 cm³/mol. The van der Waals surface area contributed by atoms with Crippen LogP contribution in [-0.4, -0.2) is 38.2 Å². The molecule has 0 atom stereocenters. The summed E-state index contributed by atoms with van der Waals surface area (Å²) in [7, 11) is 0. The SMILES string of the molecule is Cc1ccc(Cc2cn(Cc3ccc(C)c(C)c3)cn2)cc1C.Cc1cccc(C)c1Cc1cn(Cc2ccccc2)cn1.Cc1cccc(Cc2cn(Cc3cccc(C)c3C)cn2)c1C.Cc1ccccc1Cc1cn(Cc2ccccc2C)cn1. The number of imidazole rings is 4. The molecule has 0 aliphatic rings. The van der Waals surface area contributed by atoms with Crippen LogP contribution in [0.1, 0.15) is 134 Å². The Morgan fingerprint density at radius 3 is 1.17 bits per heavy atom. The third-order valence-electron chi connectivity index (χ3n) is 17.3. The fourth-order valence-electron chi connectivity index (χ4n) is 11.0. The van der Waals surface area contributed by atoms with Gasteiger partial charge in [-0.1, -0.05) is 170 Å². The summed E-state index contributed by atoms with van der Waals surface area (Å²) in [5.74, 6) is 0. The van der Waals surface area contributed by atoms with Gasteiger partial charge in [0.15, 0.2) is 0 Å². The lowest BCUT2D eigenvalue weighted by Gasteiger charge is -2.09. The highest BCUT2D eigenvalue weighted by atomic mass is 15.0. The first-order valence-corrected chi connectivity index (χ1v) is 30.9. The molecular weight excluding hydrogens is 1070 g/mol. The number of hydrogen-bond acceptors (Lipinski definition) is 4. The smallest absolute Gasteiger partial charge is 0.0952 e. The average Bonchev–Trinajstić information content (AvgIpc) is 4.43.